The summed E-state index contributed by atoms with van der Waals surface area (Å²) in [6.45, 7) is 4.09. The Morgan fingerprint density at radius 2 is 0.594 bits per heavy atom. The van der Waals surface area contributed by atoms with Crippen LogP contribution in [0.1, 0.15) is 341 Å². The van der Waals surface area contributed by atoms with Crippen molar-refractivity contribution in [1.82, 2.24) is 5.32 Å². The molecule has 0 aromatic carbocycles. The van der Waals surface area contributed by atoms with Crippen molar-refractivity contribution in [2.24, 2.45) is 0 Å². The van der Waals surface area contributed by atoms with Gasteiger partial charge in [0.1, 0.15) is 12.2 Å². The van der Waals surface area contributed by atoms with Crippen LogP contribution >= 0.6 is 0 Å². The number of carbonyl (C=O) groups is 1. The number of aliphatic hydroxyl groups excluding tert-OH is 4. The molecule has 5 N–H and O–H groups in total. The number of unbranched alkanes of at least 4 members (excludes halogenated alkanes) is 45. The molecule has 0 heterocycles. The first-order valence-corrected chi connectivity index (χ1v) is 31.2. The zero-order valence-corrected chi connectivity index (χ0v) is 46.6. The van der Waals surface area contributed by atoms with Gasteiger partial charge in [0.15, 0.2) is 0 Å². The smallest absolute Gasteiger partial charge is 0.249 e. The van der Waals surface area contributed by atoms with E-state index in [1.165, 1.54) is 276 Å². The molecule has 6 heteroatoms. The SMILES string of the molecule is CCCCCCCCCCCCCC/C=C\CCCCCCCCCCCCCC(O)C(=O)NC(CO)C(O)C(O)CCC/C=C/CCCCCCCCCCCCCCCCCCCCCCC. The van der Waals surface area contributed by atoms with Gasteiger partial charge in [-0.25, -0.2) is 0 Å². The van der Waals surface area contributed by atoms with Gasteiger partial charge in [0, 0.05) is 0 Å². The van der Waals surface area contributed by atoms with Gasteiger partial charge in [0.05, 0.1) is 18.8 Å². The molecule has 4 atom stereocenters. The highest BCUT2D eigenvalue weighted by Gasteiger charge is 2.28. The molecule has 0 rings (SSSR count). The van der Waals surface area contributed by atoms with E-state index in [0.29, 0.717) is 12.8 Å². The van der Waals surface area contributed by atoms with Crippen molar-refractivity contribution in [3.63, 3.8) is 0 Å². The monoisotopic (exact) mass is 974 g/mol. The Balaban J connectivity index is 3.61. The van der Waals surface area contributed by atoms with Crippen LogP contribution in [0.15, 0.2) is 24.3 Å². The molecular formula is C63H123NO5. The summed E-state index contributed by atoms with van der Waals surface area (Å²) in [5.41, 5.74) is 0. The summed E-state index contributed by atoms with van der Waals surface area (Å²) in [5.74, 6) is -0.589. The third kappa shape index (κ3) is 51.5. The summed E-state index contributed by atoms with van der Waals surface area (Å²) in [5, 5.41) is 44.1. The summed E-state index contributed by atoms with van der Waals surface area (Å²) >= 11 is 0. The minimum Gasteiger partial charge on any atom is -0.394 e. The molecule has 0 saturated carbocycles. The van der Waals surface area contributed by atoms with Crippen molar-refractivity contribution >= 4 is 5.91 Å². The number of hydrogen-bond donors (Lipinski definition) is 5. The molecular weight excluding hydrogens is 851 g/mol. The average Bonchev–Trinajstić information content (AvgIpc) is 3.35. The Hall–Kier alpha value is -1.21. The minimum absolute atomic E-state index is 0.364. The number of carbonyl (C=O) groups excluding carboxylic acids is 1. The van der Waals surface area contributed by atoms with Gasteiger partial charge in [0.25, 0.3) is 0 Å². The summed E-state index contributed by atoms with van der Waals surface area (Å²) in [6.07, 6.45) is 71.3. The molecule has 0 fully saturated rings. The van der Waals surface area contributed by atoms with E-state index in [0.717, 1.165) is 38.5 Å². The molecule has 0 aromatic rings. The molecule has 0 aromatic heterocycles. The second-order valence-corrected chi connectivity index (χ2v) is 21.7. The number of nitrogens with one attached hydrogen (secondary N) is 1. The highest BCUT2D eigenvalue weighted by atomic mass is 16.3. The van der Waals surface area contributed by atoms with Gasteiger partial charge in [0.2, 0.25) is 5.91 Å². The first-order valence-electron chi connectivity index (χ1n) is 31.2. The lowest BCUT2D eigenvalue weighted by Crippen LogP contribution is -2.53. The van der Waals surface area contributed by atoms with Crippen LogP contribution in [0.5, 0.6) is 0 Å². The number of amides is 1. The maximum Gasteiger partial charge on any atom is 0.249 e. The largest absolute Gasteiger partial charge is 0.394 e. The molecule has 0 aliphatic rings. The molecule has 410 valence electrons. The van der Waals surface area contributed by atoms with E-state index < -0.39 is 36.9 Å². The first kappa shape index (κ1) is 67.8. The van der Waals surface area contributed by atoms with Crippen molar-refractivity contribution in [2.45, 2.75) is 366 Å². The second-order valence-electron chi connectivity index (χ2n) is 21.7. The molecule has 0 bridgehead atoms. The zero-order chi connectivity index (χ0) is 50.2. The Morgan fingerprint density at radius 1 is 0.348 bits per heavy atom. The van der Waals surface area contributed by atoms with Gasteiger partial charge < -0.3 is 25.7 Å². The number of aliphatic hydroxyl groups is 4. The number of allylic oxidation sites excluding steroid dienone is 4. The van der Waals surface area contributed by atoms with E-state index in [1.54, 1.807) is 0 Å². The van der Waals surface area contributed by atoms with Gasteiger partial charge in [-0.2, -0.15) is 0 Å². The molecule has 0 spiro atoms. The molecule has 6 nitrogen and oxygen atoms in total. The zero-order valence-electron chi connectivity index (χ0n) is 46.6. The normalized spacial score (nSPS) is 13.8. The molecule has 4 unspecified atom stereocenters. The van der Waals surface area contributed by atoms with Crippen LogP contribution in [-0.2, 0) is 4.79 Å². The summed E-state index contributed by atoms with van der Waals surface area (Å²) < 4.78 is 0. The molecule has 0 saturated heterocycles. The fourth-order valence-electron chi connectivity index (χ4n) is 9.99. The minimum atomic E-state index is -1.28. The molecule has 0 radical (unpaired) electrons. The predicted octanol–water partition coefficient (Wildman–Crippen LogP) is 18.6. The second kappa shape index (κ2) is 57.7. The van der Waals surface area contributed by atoms with Crippen LogP contribution in [0.4, 0.5) is 0 Å². The predicted molar refractivity (Wildman–Crippen MR) is 302 cm³/mol. The van der Waals surface area contributed by atoms with Crippen molar-refractivity contribution in [2.75, 3.05) is 6.61 Å². The highest BCUT2D eigenvalue weighted by Crippen LogP contribution is 2.18. The molecule has 0 aliphatic carbocycles. The van der Waals surface area contributed by atoms with E-state index in [9.17, 15) is 25.2 Å². The van der Waals surface area contributed by atoms with Crippen LogP contribution in [0.3, 0.4) is 0 Å². The average molecular weight is 975 g/mol. The lowest BCUT2D eigenvalue weighted by molar-refractivity contribution is -0.132. The van der Waals surface area contributed by atoms with Crippen LogP contribution in [0.2, 0.25) is 0 Å². The summed E-state index contributed by atoms with van der Waals surface area (Å²) in [6, 6.07) is -1.00. The van der Waals surface area contributed by atoms with Gasteiger partial charge in [-0.15, -0.1) is 0 Å². The lowest BCUT2D eigenvalue weighted by Gasteiger charge is -2.27. The van der Waals surface area contributed by atoms with E-state index in [2.05, 4.69) is 43.5 Å². The summed E-state index contributed by atoms with van der Waals surface area (Å²) in [7, 11) is 0. The molecule has 1 amide bonds. The summed E-state index contributed by atoms with van der Waals surface area (Å²) in [4.78, 5) is 12.6. The fourth-order valence-corrected chi connectivity index (χ4v) is 9.99. The topological polar surface area (TPSA) is 110 Å². The van der Waals surface area contributed by atoms with Crippen LogP contribution in [0, 0.1) is 0 Å². The van der Waals surface area contributed by atoms with Gasteiger partial charge in [-0.3, -0.25) is 4.79 Å². The Kier molecular flexibility index (Phi) is 56.7. The highest BCUT2D eigenvalue weighted by molar-refractivity contribution is 5.80. The van der Waals surface area contributed by atoms with Crippen LogP contribution in [-0.4, -0.2) is 57.3 Å². The standard InChI is InChI=1S/C63H123NO5/c1-3-5-7-9-11-13-15-17-19-21-23-25-27-29-31-33-35-37-39-41-43-45-47-49-51-53-55-57-61(67)63(69)64-59(58-65)62(68)60(66)56-54-52-50-48-46-44-42-40-38-36-34-32-30-28-26-24-22-20-18-16-14-12-10-8-6-4-2/h29,31,48,50,59-62,65-68H,3-28,30,32-47,49,51-58H2,1-2H3,(H,64,69)/b31-29-,50-48+. The Bertz CT molecular complexity index is 1050. The van der Waals surface area contributed by atoms with E-state index in [-0.39, 0.29) is 0 Å². The van der Waals surface area contributed by atoms with E-state index in [1.807, 2.05) is 0 Å². The van der Waals surface area contributed by atoms with Crippen LogP contribution < -0.4 is 5.32 Å². The van der Waals surface area contributed by atoms with Gasteiger partial charge in [-0.1, -0.05) is 301 Å². The third-order valence-electron chi connectivity index (χ3n) is 14.9. The lowest BCUT2D eigenvalue weighted by atomic mass is 10.00. The van der Waals surface area contributed by atoms with E-state index >= 15 is 0 Å². The van der Waals surface area contributed by atoms with Crippen molar-refractivity contribution < 1.29 is 25.2 Å². The number of rotatable bonds is 58. The molecule has 69 heavy (non-hydrogen) atoms. The fraction of sp³-hybridized carbons (Fsp3) is 0.921. The maximum absolute atomic E-state index is 12.6. The Morgan fingerprint density at radius 3 is 0.870 bits per heavy atom. The molecule has 0 aliphatic heterocycles. The van der Waals surface area contributed by atoms with Crippen molar-refractivity contribution in [1.29, 1.82) is 0 Å². The van der Waals surface area contributed by atoms with Gasteiger partial charge >= 0.3 is 0 Å². The van der Waals surface area contributed by atoms with E-state index in [4.69, 9.17) is 0 Å². The Labute approximate surface area is 431 Å². The quantitative estimate of drug-likeness (QED) is 0.0308. The van der Waals surface area contributed by atoms with Crippen molar-refractivity contribution in [3.8, 4) is 0 Å². The third-order valence-corrected chi connectivity index (χ3v) is 14.9. The number of hydrogen-bond acceptors (Lipinski definition) is 5. The first-order chi connectivity index (χ1) is 34.0. The van der Waals surface area contributed by atoms with Crippen LogP contribution in [0.25, 0.3) is 0 Å². The maximum atomic E-state index is 12.6. The van der Waals surface area contributed by atoms with Crippen molar-refractivity contribution in [3.05, 3.63) is 24.3 Å². The van der Waals surface area contributed by atoms with Gasteiger partial charge in [-0.05, 0) is 64.2 Å².